The first-order valence-electron chi connectivity index (χ1n) is 12.5. The molecule has 2 heterocycles. The fourth-order valence-corrected chi connectivity index (χ4v) is 4.98. The molecular formula is C28H28ClFN4O4. The van der Waals surface area contributed by atoms with Gasteiger partial charge in [-0.1, -0.05) is 23.7 Å². The average molecular weight is 539 g/mol. The third-order valence-electron chi connectivity index (χ3n) is 6.74. The molecular weight excluding hydrogens is 511 g/mol. The van der Waals surface area contributed by atoms with Crippen LogP contribution in [-0.4, -0.2) is 57.8 Å². The van der Waals surface area contributed by atoms with Gasteiger partial charge in [-0.2, -0.15) is 0 Å². The Kier molecular flexibility index (Phi) is 7.78. The number of likely N-dealkylation sites (tertiary alicyclic amines) is 1. The molecule has 8 nitrogen and oxygen atoms in total. The predicted octanol–water partition coefficient (Wildman–Crippen LogP) is 4.45. The highest BCUT2D eigenvalue weighted by Crippen LogP contribution is 2.27. The van der Waals surface area contributed by atoms with E-state index in [0.717, 1.165) is 12.8 Å². The van der Waals surface area contributed by atoms with Crippen molar-refractivity contribution in [2.45, 2.75) is 25.0 Å². The zero-order valence-electron chi connectivity index (χ0n) is 20.6. The van der Waals surface area contributed by atoms with E-state index in [2.05, 4.69) is 15.2 Å². The number of hydrogen-bond donors (Lipinski definition) is 3. The normalized spacial score (nSPS) is 15.4. The summed E-state index contributed by atoms with van der Waals surface area (Å²) < 4.78 is 21.1. The minimum Gasteiger partial charge on any atom is -0.489 e. The Labute approximate surface area is 223 Å². The summed E-state index contributed by atoms with van der Waals surface area (Å²) in [5, 5.41) is 14.0. The molecule has 0 bridgehead atoms. The van der Waals surface area contributed by atoms with Gasteiger partial charge in [-0.15, -0.1) is 0 Å². The van der Waals surface area contributed by atoms with Crippen LogP contribution in [0.1, 0.15) is 29.2 Å². The van der Waals surface area contributed by atoms with Crippen molar-refractivity contribution in [2.75, 3.05) is 31.6 Å². The van der Waals surface area contributed by atoms with Crippen molar-refractivity contribution in [3.63, 3.8) is 0 Å². The molecule has 1 aliphatic heterocycles. The van der Waals surface area contributed by atoms with E-state index in [1.807, 2.05) is 0 Å². The van der Waals surface area contributed by atoms with Crippen LogP contribution in [0.15, 0.2) is 71.5 Å². The monoisotopic (exact) mass is 538 g/mol. The highest BCUT2D eigenvalue weighted by atomic mass is 35.5. The van der Waals surface area contributed by atoms with Crippen LogP contribution in [0.2, 0.25) is 5.02 Å². The molecule has 5 rings (SSSR count). The van der Waals surface area contributed by atoms with Crippen LogP contribution in [0.5, 0.6) is 5.75 Å². The summed E-state index contributed by atoms with van der Waals surface area (Å²) in [5.74, 6) is -0.216. The van der Waals surface area contributed by atoms with Crippen molar-refractivity contribution >= 4 is 34.2 Å². The average Bonchev–Trinajstić information content (AvgIpc) is 3.23. The number of aliphatic hydroxyl groups excluding tert-OH is 1. The van der Waals surface area contributed by atoms with Gasteiger partial charge in [0, 0.05) is 36.3 Å². The molecule has 3 N–H and O–H groups in total. The Bertz CT molecular complexity index is 1480. The van der Waals surface area contributed by atoms with E-state index < -0.39 is 6.10 Å². The number of amides is 1. The van der Waals surface area contributed by atoms with E-state index in [-0.39, 0.29) is 30.1 Å². The number of aromatic amines is 1. The number of ether oxygens (including phenoxy) is 1. The van der Waals surface area contributed by atoms with Gasteiger partial charge in [0.25, 0.3) is 5.91 Å². The number of rotatable bonds is 8. The number of nitrogens with zero attached hydrogens (tertiary/aromatic N) is 2. The Hall–Kier alpha value is -3.66. The lowest BCUT2D eigenvalue weighted by atomic mass is 10.0. The highest BCUT2D eigenvalue weighted by molar-refractivity contribution is 6.30. The van der Waals surface area contributed by atoms with Crippen molar-refractivity contribution in [3.8, 4) is 5.75 Å². The van der Waals surface area contributed by atoms with Crippen LogP contribution in [0.4, 0.5) is 10.1 Å². The molecule has 198 valence electrons. The minimum atomic E-state index is -0.745. The van der Waals surface area contributed by atoms with Gasteiger partial charge < -0.3 is 25.0 Å². The van der Waals surface area contributed by atoms with Gasteiger partial charge >= 0.3 is 5.69 Å². The highest BCUT2D eigenvalue weighted by Gasteiger charge is 2.25. The smallest absolute Gasteiger partial charge is 0.326 e. The molecule has 1 fully saturated rings. The maximum absolute atomic E-state index is 13.5. The minimum absolute atomic E-state index is 0.00230. The van der Waals surface area contributed by atoms with Gasteiger partial charge in [-0.05, 0) is 67.4 Å². The first-order valence-corrected chi connectivity index (χ1v) is 12.8. The van der Waals surface area contributed by atoms with Crippen molar-refractivity contribution in [1.82, 2.24) is 14.5 Å². The maximum atomic E-state index is 13.5. The Morgan fingerprint density at radius 1 is 1.13 bits per heavy atom. The summed E-state index contributed by atoms with van der Waals surface area (Å²) in [6, 6.07) is 18.0. The second-order valence-electron chi connectivity index (χ2n) is 9.42. The van der Waals surface area contributed by atoms with Crippen molar-refractivity contribution in [2.24, 2.45) is 0 Å². The summed E-state index contributed by atoms with van der Waals surface area (Å²) >= 11 is 5.90. The van der Waals surface area contributed by atoms with E-state index in [1.54, 1.807) is 59.2 Å². The van der Waals surface area contributed by atoms with Crippen molar-refractivity contribution in [1.29, 1.82) is 0 Å². The number of benzene rings is 3. The molecule has 4 aromatic rings. The summed E-state index contributed by atoms with van der Waals surface area (Å²) in [5.41, 5.74) is 1.93. The second kappa shape index (κ2) is 11.4. The molecule has 1 amide bonds. The van der Waals surface area contributed by atoms with Crippen molar-refractivity contribution < 1.29 is 19.0 Å². The number of piperidine rings is 1. The number of fused-ring (bicyclic) bond motifs is 1. The molecule has 0 radical (unpaired) electrons. The predicted molar refractivity (Wildman–Crippen MR) is 145 cm³/mol. The lowest BCUT2D eigenvalue weighted by molar-refractivity contribution is 0.0561. The number of aliphatic hydroxyl groups is 1. The van der Waals surface area contributed by atoms with Gasteiger partial charge in [-0.25, -0.2) is 9.18 Å². The lowest BCUT2D eigenvalue weighted by Gasteiger charge is -2.33. The summed E-state index contributed by atoms with van der Waals surface area (Å²) in [6.45, 7) is 1.88. The van der Waals surface area contributed by atoms with Crippen LogP contribution in [-0.2, 0) is 0 Å². The molecule has 0 saturated carbocycles. The molecule has 0 spiro atoms. The maximum Gasteiger partial charge on any atom is 0.326 e. The number of para-hydroxylation sites is 2. The van der Waals surface area contributed by atoms with E-state index in [9.17, 15) is 19.1 Å². The number of imidazole rings is 1. The number of nitrogens with one attached hydrogen (secondary N) is 2. The third kappa shape index (κ3) is 5.91. The first kappa shape index (κ1) is 26.0. The van der Waals surface area contributed by atoms with Crippen LogP contribution in [0.25, 0.3) is 11.0 Å². The fourth-order valence-electron chi connectivity index (χ4n) is 4.85. The van der Waals surface area contributed by atoms with Gasteiger partial charge in [-0.3, -0.25) is 9.36 Å². The number of hydrogen-bond acceptors (Lipinski definition) is 5. The van der Waals surface area contributed by atoms with Gasteiger partial charge in [0.1, 0.15) is 24.3 Å². The number of carbonyl (C=O) groups excluding carboxylic acids is 1. The molecule has 0 aliphatic carbocycles. The van der Waals surface area contributed by atoms with E-state index >= 15 is 0 Å². The molecule has 1 aromatic heterocycles. The molecule has 1 aliphatic rings. The second-order valence-corrected chi connectivity index (χ2v) is 9.85. The first-order chi connectivity index (χ1) is 18.4. The molecule has 1 atom stereocenters. The standard InChI is InChI=1S/C28H28ClFN4O4/c29-19-7-5-18(6-8-19)27(36)31-23-3-1-2-4-26(23)38-17-22(35)16-33-13-11-21(12-14-33)34-25-10-9-20(30)15-24(25)32-28(34)37/h1-10,15,21-22,35H,11-14,16-17H2,(H,31,36)(H,32,37). The topological polar surface area (TPSA) is 99.6 Å². The molecule has 1 saturated heterocycles. The fraction of sp³-hybridized carbons (Fsp3) is 0.286. The zero-order chi connectivity index (χ0) is 26.6. The lowest BCUT2D eigenvalue weighted by Crippen LogP contribution is -2.42. The number of anilines is 1. The van der Waals surface area contributed by atoms with Gasteiger partial charge in [0.15, 0.2) is 0 Å². The number of carbonyl (C=O) groups is 1. The Balaban J connectivity index is 1.13. The molecule has 3 aromatic carbocycles. The van der Waals surface area contributed by atoms with Crippen LogP contribution in [0.3, 0.4) is 0 Å². The molecule has 10 heteroatoms. The Morgan fingerprint density at radius 2 is 1.87 bits per heavy atom. The van der Waals surface area contributed by atoms with Crippen LogP contribution < -0.4 is 15.7 Å². The largest absolute Gasteiger partial charge is 0.489 e. The van der Waals surface area contributed by atoms with Crippen LogP contribution in [0, 0.1) is 5.82 Å². The number of H-pyrrole nitrogens is 1. The molecule has 1 unspecified atom stereocenters. The number of halogens is 2. The van der Waals surface area contributed by atoms with Crippen molar-refractivity contribution in [3.05, 3.63) is 93.6 Å². The van der Waals surface area contributed by atoms with E-state index in [4.69, 9.17) is 16.3 Å². The number of β-amino-alcohol motifs (C(OH)–C–C–N with tert-alkyl or cyclic N) is 1. The summed E-state index contributed by atoms with van der Waals surface area (Å²) in [7, 11) is 0. The van der Waals surface area contributed by atoms with E-state index in [1.165, 1.54) is 12.1 Å². The quantitative estimate of drug-likeness (QED) is 0.308. The van der Waals surface area contributed by atoms with Gasteiger partial charge in [0.2, 0.25) is 0 Å². The Morgan fingerprint density at radius 3 is 2.63 bits per heavy atom. The van der Waals surface area contributed by atoms with E-state index in [0.29, 0.717) is 52.7 Å². The SMILES string of the molecule is O=C(Nc1ccccc1OCC(O)CN1CCC(n2c(=O)[nH]c3cc(F)ccc32)CC1)c1ccc(Cl)cc1. The van der Waals surface area contributed by atoms with Gasteiger partial charge in [0.05, 0.1) is 16.7 Å². The summed E-state index contributed by atoms with van der Waals surface area (Å²) in [4.78, 5) is 30.0. The zero-order valence-corrected chi connectivity index (χ0v) is 21.3. The summed E-state index contributed by atoms with van der Waals surface area (Å²) in [6.07, 6.45) is 0.722. The number of aromatic nitrogens is 2. The molecule has 38 heavy (non-hydrogen) atoms. The third-order valence-corrected chi connectivity index (χ3v) is 6.99. The van der Waals surface area contributed by atoms with Crippen LogP contribution >= 0.6 is 11.6 Å².